The summed E-state index contributed by atoms with van der Waals surface area (Å²) in [4.78, 5) is 23.8. The van der Waals surface area contributed by atoms with E-state index in [4.69, 9.17) is 41.4 Å². The molecule has 0 aliphatic heterocycles. The predicted molar refractivity (Wildman–Crippen MR) is 181 cm³/mol. The van der Waals surface area contributed by atoms with E-state index in [1.165, 1.54) is 35.5 Å². The van der Waals surface area contributed by atoms with Crippen LogP contribution in [0.5, 0.6) is 40.6 Å². The lowest BCUT2D eigenvalue weighted by molar-refractivity contribution is -0.384. The van der Waals surface area contributed by atoms with Gasteiger partial charge in [-0.2, -0.15) is 8.42 Å². The molecule has 3 aromatic carbocycles. The Bertz CT molecular complexity index is 2180. The fourth-order valence-electron chi connectivity index (χ4n) is 4.76. The number of aromatic nitrogens is 2. The van der Waals surface area contributed by atoms with Gasteiger partial charge in [-0.05, 0) is 37.1 Å². The van der Waals surface area contributed by atoms with E-state index in [1.54, 1.807) is 24.3 Å². The minimum absolute atomic E-state index is 0.0483. The summed E-state index contributed by atoms with van der Waals surface area (Å²) in [5, 5.41) is 18.4. The number of hydrogen-bond donors (Lipinski definition) is 0. The number of non-ortho nitro benzene ring substituents is 1. The zero-order valence-corrected chi connectivity index (χ0v) is 29.5. The maximum atomic E-state index is 14.0. The van der Waals surface area contributed by atoms with E-state index in [0.717, 1.165) is 36.0 Å². The standard InChI is InChI=1S/C32H31N3O14S2/c1-41-20-16-22(42-2)26-23(17-20)47-28(18-14-24(43-3)29(45-5)25(15-18)44-4)30(27(26)36)46-12-6-7-13-50-32-34-33-31(48-32)49-51(39,40)21-10-8-19(9-11-21)35(37)38/h8-11,14-17H,6-7,12-13H2,1-5H3. The fourth-order valence-corrected chi connectivity index (χ4v) is 6.33. The lowest BCUT2D eigenvalue weighted by atomic mass is 10.1. The molecule has 51 heavy (non-hydrogen) atoms. The topological polar surface area (TPSA) is 211 Å². The molecule has 0 bridgehead atoms. The number of benzene rings is 3. The van der Waals surface area contributed by atoms with Crippen molar-refractivity contribution < 1.29 is 54.8 Å². The second kappa shape index (κ2) is 15.9. The molecule has 0 fully saturated rings. The Hall–Kier alpha value is -5.69. The molecule has 0 unspecified atom stereocenters. The molecule has 19 heteroatoms. The summed E-state index contributed by atoms with van der Waals surface area (Å²) in [6.07, 6.45) is 0.420. The number of unbranched alkanes of at least 4 members (excludes halogenated alkanes) is 1. The third kappa shape index (κ3) is 8.04. The zero-order valence-electron chi connectivity index (χ0n) is 27.8. The van der Waals surface area contributed by atoms with Gasteiger partial charge in [0.2, 0.25) is 16.9 Å². The van der Waals surface area contributed by atoms with Crippen LogP contribution in [0.2, 0.25) is 0 Å². The average molecular weight is 746 g/mol. The minimum Gasteiger partial charge on any atom is -0.496 e. The summed E-state index contributed by atoms with van der Waals surface area (Å²) < 4.78 is 74.8. The number of rotatable bonds is 17. The van der Waals surface area contributed by atoms with Gasteiger partial charge in [-0.25, -0.2) is 0 Å². The van der Waals surface area contributed by atoms with Gasteiger partial charge in [0, 0.05) is 35.6 Å². The summed E-state index contributed by atoms with van der Waals surface area (Å²) in [5.74, 6) is 2.16. The van der Waals surface area contributed by atoms with E-state index in [0.29, 0.717) is 47.2 Å². The summed E-state index contributed by atoms with van der Waals surface area (Å²) >= 11 is 1.15. The van der Waals surface area contributed by atoms with Crippen LogP contribution in [0.4, 0.5) is 5.69 Å². The van der Waals surface area contributed by atoms with Crippen molar-refractivity contribution >= 4 is 38.5 Å². The first kappa shape index (κ1) is 36.6. The second-order valence-corrected chi connectivity index (χ2v) is 12.8. The van der Waals surface area contributed by atoms with Gasteiger partial charge in [0.25, 0.3) is 10.9 Å². The van der Waals surface area contributed by atoms with Crippen molar-refractivity contribution in [3.63, 3.8) is 0 Å². The summed E-state index contributed by atoms with van der Waals surface area (Å²) in [7, 11) is 2.94. The first-order chi connectivity index (χ1) is 24.5. The molecule has 0 saturated heterocycles. The van der Waals surface area contributed by atoms with Gasteiger partial charge in [0.1, 0.15) is 27.4 Å². The van der Waals surface area contributed by atoms with Crippen LogP contribution in [0.3, 0.4) is 0 Å². The van der Waals surface area contributed by atoms with Gasteiger partial charge < -0.3 is 41.4 Å². The number of thioether (sulfide) groups is 1. The highest BCUT2D eigenvalue weighted by Gasteiger charge is 2.25. The van der Waals surface area contributed by atoms with Crippen molar-refractivity contribution in [1.82, 2.24) is 10.2 Å². The lowest BCUT2D eigenvalue weighted by Gasteiger charge is -2.17. The summed E-state index contributed by atoms with van der Waals surface area (Å²) in [6, 6.07) is 10.5. The van der Waals surface area contributed by atoms with Crippen molar-refractivity contribution in [2.45, 2.75) is 23.0 Å². The van der Waals surface area contributed by atoms with Gasteiger partial charge >= 0.3 is 16.2 Å². The van der Waals surface area contributed by atoms with E-state index in [-0.39, 0.29) is 50.6 Å². The Labute approximate surface area is 294 Å². The van der Waals surface area contributed by atoms with E-state index in [9.17, 15) is 23.3 Å². The van der Waals surface area contributed by atoms with Crippen LogP contribution in [0.15, 0.2) is 72.3 Å². The van der Waals surface area contributed by atoms with Gasteiger partial charge in [-0.3, -0.25) is 14.9 Å². The number of methoxy groups -OCH3 is 5. The number of hydrogen-bond acceptors (Lipinski definition) is 17. The quantitative estimate of drug-likeness (QED) is 0.0377. The molecule has 270 valence electrons. The number of nitrogens with zero attached hydrogens (tertiary/aromatic N) is 3. The molecule has 0 aliphatic carbocycles. The van der Waals surface area contributed by atoms with Crippen LogP contribution >= 0.6 is 11.8 Å². The largest absolute Gasteiger partial charge is 0.496 e. The highest BCUT2D eigenvalue weighted by Crippen LogP contribution is 2.44. The Morgan fingerprint density at radius 1 is 0.824 bits per heavy atom. The van der Waals surface area contributed by atoms with Gasteiger partial charge in [0.15, 0.2) is 17.3 Å². The minimum atomic E-state index is -4.37. The molecule has 17 nitrogen and oxygen atoms in total. The lowest BCUT2D eigenvalue weighted by Crippen LogP contribution is -2.12. The maximum absolute atomic E-state index is 14.0. The van der Waals surface area contributed by atoms with Gasteiger partial charge in [-0.15, -0.1) is 0 Å². The molecule has 0 N–H and O–H groups in total. The number of nitro benzene ring substituents is 1. The van der Waals surface area contributed by atoms with E-state index < -0.39 is 26.5 Å². The van der Waals surface area contributed by atoms with Gasteiger partial charge in [0.05, 0.1) is 47.1 Å². The molecule has 5 rings (SSSR count). The van der Waals surface area contributed by atoms with Crippen molar-refractivity contribution in [2.24, 2.45) is 0 Å². The summed E-state index contributed by atoms with van der Waals surface area (Å²) in [6.45, 7) is 0.110. The Morgan fingerprint density at radius 3 is 2.12 bits per heavy atom. The smallest absolute Gasteiger partial charge is 0.431 e. The highest BCUT2D eigenvalue weighted by molar-refractivity contribution is 7.99. The summed E-state index contributed by atoms with van der Waals surface area (Å²) in [5.41, 5.74) is -0.138. The molecule has 0 atom stereocenters. The van der Waals surface area contributed by atoms with Crippen LogP contribution in [0, 0.1) is 10.1 Å². The molecule has 0 radical (unpaired) electrons. The van der Waals surface area contributed by atoms with Crippen LogP contribution in [0.1, 0.15) is 12.8 Å². The first-order valence-corrected chi connectivity index (χ1v) is 17.2. The predicted octanol–water partition coefficient (Wildman–Crippen LogP) is 5.51. The molecule has 0 amide bonds. The van der Waals surface area contributed by atoms with E-state index in [1.807, 2.05) is 0 Å². The maximum Gasteiger partial charge on any atom is 0.431 e. The van der Waals surface area contributed by atoms with Crippen LogP contribution in [-0.2, 0) is 10.1 Å². The second-order valence-electron chi connectivity index (χ2n) is 10.2. The average Bonchev–Trinajstić information content (AvgIpc) is 3.58. The molecular weight excluding hydrogens is 714 g/mol. The molecule has 0 aliphatic rings. The van der Waals surface area contributed by atoms with E-state index >= 15 is 0 Å². The number of fused-ring (bicyclic) bond motifs is 1. The highest BCUT2D eigenvalue weighted by atomic mass is 32.2. The van der Waals surface area contributed by atoms with Crippen molar-refractivity contribution in [3.8, 4) is 51.9 Å². The molecule has 2 heterocycles. The molecule has 0 saturated carbocycles. The van der Waals surface area contributed by atoms with Crippen molar-refractivity contribution in [2.75, 3.05) is 47.9 Å². The van der Waals surface area contributed by atoms with Crippen molar-refractivity contribution in [1.29, 1.82) is 0 Å². The first-order valence-electron chi connectivity index (χ1n) is 14.8. The van der Waals surface area contributed by atoms with Gasteiger partial charge in [-0.1, -0.05) is 22.0 Å². The monoisotopic (exact) mass is 745 g/mol. The molecule has 5 aromatic rings. The normalized spacial score (nSPS) is 11.2. The third-order valence-electron chi connectivity index (χ3n) is 7.19. The van der Waals surface area contributed by atoms with Crippen LogP contribution in [0.25, 0.3) is 22.3 Å². The van der Waals surface area contributed by atoms with Crippen LogP contribution in [-0.4, -0.2) is 71.4 Å². The third-order valence-corrected chi connectivity index (χ3v) is 9.31. The molecule has 2 aromatic heterocycles. The van der Waals surface area contributed by atoms with Crippen molar-refractivity contribution in [3.05, 3.63) is 68.9 Å². The fraction of sp³-hybridized carbons (Fsp3) is 0.281. The zero-order chi connectivity index (χ0) is 36.7. The Balaban J connectivity index is 1.29. The molecular formula is C32H31N3O14S2. The number of nitro groups is 1. The van der Waals surface area contributed by atoms with E-state index in [2.05, 4.69) is 10.2 Å². The Kier molecular flexibility index (Phi) is 11.4. The molecule has 0 spiro atoms. The Morgan fingerprint density at radius 2 is 1.51 bits per heavy atom. The van der Waals surface area contributed by atoms with Crippen LogP contribution < -0.4 is 38.0 Å². The number of ether oxygens (including phenoxy) is 6. The SMILES string of the molecule is COc1cc(OC)c2c(=O)c(OCCCCSc3nnc(OS(=O)(=O)c4ccc([N+](=O)[O-])cc4)o3)c(-c3cc(OC)c(OC)c(OC)c3)oc2c1.